The minimum absolute atomic E-state index is 0.0146. The normalized spacial score (nSPS) is 11.4. The van der Waals surface area contributed by atoms with E-state index in [4.69, 9.17) is 10.5 Å². The van der Waals surface area contributed by atoms with Gasteiger partial charge in [0.15, 0.2) is 6.61 Å². The number of amides is 1. The Balaban J connectivity index is 2.16. The summed E-state index contributed by atoms with van der Waals surface area (Å²) in [4.78, 5) is 10.5. The standard InChI is InChI=1S/C13H17F3N2O3/c14-13(15,16)9-20-6-5-18-7-10-1-3-11(4-2-10)21-8-12(17)19/h1-4,18H,5-9H2,(H2,17,19). The summed E-state index contributed by atoms with van der Waals surface area (Å²) in [5, 5.41) is 2.95. The van der Waals surface area contributed by atoms with E-state index >= 15 is 0 Å². The average Bonchev–Trinajstić information content (AvgIpc) is 2.40. The molecular weight excluding hydrogens is 289 g/mol. The van der Waals surface area contributed by atoms with Crippen LogP contribution >= 0.6 is 0 Å². The van der Waals surface area contributed by atoms with Crippen LogP contribution in [0, 0.1) is 0 Å². The summed E-state index contributed by atoms with van der Waals surface area (Å²) in [7, 11) is 0. The molecule has 8 heteroatoms. The van der Waals surface area contributed by atoms with E-state index in [-0.39, 0.29) is 13.2 Å². The van der Waals surface area contributed by atoms with Gasteiger partial charge in [-0.05, 0) is 17.7 Å². The molecule has 0 aliphatic heterocycles. The average molecular weight is 306 g/mol. The van der Waals surface area contributed by atoms with Crippen LogP contribution in [-0.4, -0.2) is 38.4 Å². The van der Waals surface area contributed by atoms with Crippen molar-refractivity contribution in [3.63, 3.8) is 0 Å². The van der Waals surface area contributed by atoms with Crippen molar-refractivity contribution in [3.05, 3.63) is 29.8 Å². The van der Waals surface area contributed by atoms with Crippen molar-refractivity contribution >= 4 is 5.91 Å². The summed E-state index contributed by atoms with van der Waals surface area (Å²) in [6, 6.07) is 6.92. The van der Waals surface area contributed by atoms with Gasteiger partial charge in [-0.25, -0.2) is 0 Å². The third kappa shape index (κ3) is 8.87. The van der Waals surface area contributed by atoms with Crippen LogP contribution in [0.25, 0.3) is 0 Å². The molecule has 0 saturated heterocycles. The van der Waals surface area contributed by atoms with Crippen molar-refractivity contribution in [2.75, 3.05) is 26.4 Å². The van der Waals surface area contributed by atoms with Gasteiger partial charge < -0.3 is 20.5 Å². The van der Waals surface area contributed by atoms with Gasteiger partial charge in [-0.3, -0.25) is 4.79 Å². The van der Waals surface area contributed by atoms with Crippen molar-refractivity contribution < 1.29 is 27.4 Å². The van der Waals surface area contributed by atoms with Gasteiger partial charge in [0.1, 0.15) is 12.4 Å². The number of hydrogen-bond donors (Lipinski definition) is 2. The van der Waals surface area contributed by atoms with E-state index in [1.165, 1.54) is 0 Å². The predicted octanol–water partition coefficient (Wildman–Crippen LogP) is 1.22. The van der Waals surface area contributed by atoms with Crippen LogP contribution in [0.1, 0.15) is 5.56 Å². The second-order valence-electron chi connectivity index (χ2n) is 4.24. The number of carbonyl (C=O) groups excluding carboxylic acids is 1. The summed E-state index contributed by atoms with van der Waals surface area (Å²) in [6.45, 7) is -0.629. The highest BCUT2D eigenvalue weighted by atomic mass is 19.4. The lowest BCUT2D eigenvalue weighted by Gasteiger charge is -2.09. The molecule has 0 radical (unpaired) electrons. The van der Waals surface area contributed by atoms with Gasteiger partial charge in [-0.15, -0.1) is 0 Å². The minimum Gasteiger partial charge on any atom is -0.484 e. The number of hydrogen-bond acceptors (Lipinski definition) is 4. The zero-order valence-corrected chi connectivity index (χ0v) is 11.3. The van der Waals surface area contributed by atoms with Crippen LogP contribution < -0.4 is 15.8 Å². The molecule has 3 N–H and O–H groups in total. The van der Waals surface area contributed by atoms with Crippen LogP contribution in [0.4, 0.5) is 13.2 Å². The van der Waals surface area contributed by atoms with Crippen LogP contribution in [0.5, 0.6) is 5.75 Å². The van der Waals surface area contributed by atoms with Crippen molar-refractivity contribution in [2.24, 2.45) is 5.73 Å². The lowest BCUT2D eigenvalue weighted by Crippen LogP contribution is -2.23. The molecule has 0 bridgehead atoms. The first-order valence-corrected chi connectivity index (χ1v) is 6.22. The molecule has 0 aliphatic rings. The van der Waals surface area contributed by atoms with Gasteiger partial charge in [0.25, 0.3) is 5.91 Å². The van der Waals surface area contributed by atoms with Gasteiger partial charge in [0.05, 0.1) is 6.61 Å². The van der Waals surface area contributed by atoms with Gasteiger partial charge in [-0.1, -0.05) is 12.1 Å². The molecule has 0 heterocycles. The van der Waals surface area contributed by atoms with E-state index in [1.54, 1.807) is 24.3 Å². The summed E-state index contributed by atoms with van der Waals surface area (Å²) < 4.78 is 44.9. The fourth-order valence-electron chi connectivity index (χ4n) is 1.42. The first kappa shape index (κ1) is 17.3. The Morgan fingerprint density at radius 3 is 2.48 bits per heavy atom. The van der Waals surface area contributed by atoms with Crippen LogP contribution in [-0.2, 0) is 16.1 Å². The minimum atomic E-state index is -4.29. The Morgan fingerprint density at radius 2 is 1.90 bits per heavy atom. The Kier molecular flexibility index (Phi) is 6.97. The lowest BCUT2D eigenvalue weighted by atomic mass is 10.2. The van der Waals surface area contributed by atoms with E-state index in [0.29, 0.717) is 18.8 Å². The molecule has 5 nitrogen and oxygen atoms in total. The first-order chi connectivity index (χ1) is 9.87. The number of primary amides is 1. The molecule has 0 aromatic heterocycles. The molecule has 0 fully saturated rings. The highest BCUT2D eigenvalue weighted by Gasteiger charge is 2.27. The summed E-state index contributed by atoms with van der Waals surface area (Å²) >= 11 is 0. The molecule has 118 valence electrons. The maximum Gasteiger partial charge on any atom is 0.411 e. The number of nitrogens with two attached hydrogens (primary N) is 1. The van der Waals surface area contributed by atoms with Gasteiger partial charge in [-0.2, -0.15) is 13.2 Å². The molecule has 1 amide bonds. The molecule has 0 spiro atoms. The highest BCUT2D eigenvalue weighted by Crippen LogP contribution is 2.14. The van der Waals surface area contributed by atoms with Crippen molar-refractivity contribution in [1.29, 1.82) is 0 Å². The lowest BCUT2D eigenvalue weighted by molar-refractivity contribution is -0.173. The highest BCUT2D eigenvalue weighted by molar-refractivity contribution is 5.75. The largest absolute Gasteiger partial charge is 0.484 e. The fraction of sp³-hybridized carbons (Fsp3) is 0.462. The predicted molar refractivity (Wildman–Crippen MR) is 69.7 cm³/mol. The van der Waals surface area contributed by atoms with Gasteiger partial charge in [0, 0.05) is 13.1 Å². The van der Waals surface area contributed by atoms with Gasteiger partial charge >= 0.3 is 6.18 Å². The van der Waals surface area contributed by atoms with Crippen LogP contribution in [0.3, 0.4) is 0 Å². The van der Waals surface area contributed by atoms with Crippen LogP contribution in [0.2, 0.25) is 0 Å². The van der Waals surface area contributed by atoms with Crippen molar-refractivity contribution in [2.45, 2.75) is 12.7 Å². The second-order valence-corrected chi connectivity index (χ2v) is 4.24. The number of nitrogens with one attached hydrogen (secondary N) is 1. The Hall–Kier alpha value is -1.80. The molecule has 21 heavy (non-hydrogen) atoms. The third-order valence-corrected chi connectivity index (χ3v) is 2.32. The third-order valence-electron chi connectivity index (χ3n) is 2.32. The number of halogens is 3. The van der Waals surface area contributed by atoms with Crippen molar-refractivity contribution in [3.8, 4) is 5.75 Å². The Labute approximate surface area is 120 Å². The first-order valence-electron chi connectivity index (χ1n) is 6.22. The molecule has 1 aromatic rings. The van der Waals surface area contributed by atoms with E-state index in [1.807, 2.05) is 0 Å². The Morgan fingerprint density at radius 1 is 1.24 bits per heavy atom. The summed E-state index contributed by atoms with van der Waals surface area (Å²) in [5.41, 5.74) is 5.87. The molecule has 0 aliphatic carbocycles. The second kappa shape index (κ2) is 8.48. The quantitative estimate of drug-likeness (QED) is 0.673. The monoisotopic (exact) mass is 306 g/mol. The maximum absolute atomic E-state index is 11.8. The number of carbonyl (C=O) groups is 1. The molecule has 0 atom stereocenters. The van der Waals surface area contributed by atoms with E-state index in [0.717, 1.165) is 5.56 Å². The zero-order chi connectivity index (χ0) is 15.7. The zero-order valence-electron chi connectivity index (χ0n) is 11.3. The van der Waals surface area contributed by atoms with Gasteiger partial charge in [0.2, 0.25) is 0 Å². The molecule has 1 aromatic carbocycles. The molecular formula is C13H17F3N2O3. The van der Waals surface area contributed by atoms with E-state index < -0.39 is 18.7 Å². The summed E-state index contributed by atoms with van der Waals surface area (Å²) in [6.07, 6.45) is -4.29. The number of alkyl halides is 3. The van der Waals surface area contributed by atoms with E-state index in [2.05, 4.69) is 10.1 Å². The smallest absolute Gasteiger partial charge is 0.411 e. The SMILES string of the molecule is NC(=O)COc1ccc(CNCCOCC(F)(F)F)cc1. The number of benzene rings is 1. The van der Waals surface area contributed by atoms with Crippen molar-refractivity contribution in [1.82, 2.24) is 5.32 Å². The van der Waals surface area contributed by atoms with E-state index in [9.17, 15) is 18.0 Å². The molecule has 0 saturated carbocycles. The Bertz CT molecular complexity index is 435. The maximum atomic E-state index is 11.8. The topological polar surface area (TPSA) is 73.6 Å². The fourth-order valence-corrected chi connectivity index (χ4v) is 1.42. The number of ether oxygens (including phenoxy) is 2. The van der Waals surface area contributed by atoms with Crippen LogP contribution in [0.15, 0.2) is 24.3 Å². The summed E-state index contributed by atoms with van der Waals surface area (Å²) in [5.74, 6) is -0.0364. The molecule has 1 rings (SSSR count). The number of rotatable bonds is 9. The molecule has 0 unspecified atom stereocenters.